The third kappa shape index (κ3) is 4.47. The molecule has 1 N–H and O–H groups in total. The molecular formula is C16H23N5O2S. The van der Waals surface area contributed by atoms with Crippen LogP contribution in [-0.4, -0.2) is 38.5 Å². The van der Waals surface area contributed by atoms with Crippen molar-refractivity contribution in [2.24, 2.45) is 5.92 Å². The van der Waals surface area contributed by atoms with Gasteiger partial charge < -0.3 is 10.1 Å². The number of benzene rings is 1. The van der Waals surface area contributed by atoms with Gasteiger partial charge in [0.2, 0.25) is 11.1 Å². The van der Waals surface area contributed by atoms with Gasteiger partial charge in [-0.2, -0.15) is 0 Å². The minimum absolute atomic E-state index is 0.0709. The number of carbonyl (C=O) groups excluding carboxylic acids is 1. The van der Waals surface area contributed by atoms with E-state index in [4.69, 9.17) is 4.74 Å². The fourth-order valence-corrected chi connectivity index (χ4v) is 3.19. The molecule has 7 nitrogen and oxygen atoms in total. The third-order valence-corrected chi connectivity index (χ3v) is 4.90. The summed E-state index contributed by atoms with van der Waals surface area (Å²) >= 11 is 1.38. The maximum Gasteiger partial charge on any atom is 0.238 e. The minimum atomic E-state index is -0.296. The molecule has 2 aromatic rings. The maximum atomic E-state index is 12.7. The Balaban J connectivity index is 2.11. The molecule has 1 heterocycles. The van der Waals surface area contributed by atoms with Crippen molar-refractivity contribution in [3.8, 4) is 5.75 Å². The SMILES string of the molecule is COc1ccc(NC(=O)C(Sc2nnnn2C(C)C)C(C)C)cc1. The lowest BCUT2D eigenvalue weighted by Crippen LogP contribution is -2.30. The topological polar surface area (TPSA) is 81.9 Å². The van der Waals surface area contributed by atoms with Crippen molar-refractivity contribution in [1.29, 1.82) is 0 Å². The molecule has 1 aromatic heterocycles. The van der Waals surface area contributed by atoms with Crippen LogP contribution in [0.15, 0.2) is 29.4 Å². The second-order valence-corrected chi connectivity index (χ2v) is 7.11. The van der Waals surface area contributed by atoms with Gasteiger partial charge in [0.25, 0.3) is 0 Å². The van der Waals surface area contributed by atoms with Gasteiger partial charge in [0.1, 0.15) is 5.75 Å². The lowest BCUT2D eigenvalue weighted by atomic mass is 10.1. The van der Waals surface area contributed by atoms with E-state index >= 15 is 0 Å². The summed E-state index contributed by atoms with van der Waals surface area (Å²) in [5.74, 6) is 0.808. The van der Waals surface area contributed by atoms with Crippen LogP contribution < -0.4 is 10.1 Å². The molecule has 130 valence electrons. The molecule has 0 aliphatic rings. The molecule has 24 heavy (non-hydrogen) atoms. The number of nitrogens with zero attached hydrogens (tertiary/aromatic N) is 4. The standard InChI is InChI=1S/C16H23N5O2S/c1-10(2)14(24-16-18-19-20-21(16)11(3)4)15(22)17-12-6-8-13(23-5)9-7-12/h6-11,14H,1-5H3,(H,17,22). The molecule has 0 bridgehead atoms. The van der Waals surface area contributed by atoms with E-state index in [1.165, 1.54) is 11.8 Å². The number of thioether (sulfide) groups is 1. The molecule has 0 saturated carbocycles. The first-order valence-electron chi connectivity index (χ1n) is 7.81. The van der Waals surface area contributed by atoms with Crippen molar-refractivity contribution in [1.82, 2.24) is 20.2 Å². The van der Waals surface area contributed by atoms with Gasteiger partial charge in [-0.3, -0.25) is 4.79 Å². The monoisotopic (exact) mass is 349 g/mol. The van der Waals surface area contributed by atoms with Crippen LogP contribution in [0.4, 0.5) is 5.69 Å². The van der Waals surface area contributed by atoms with Crippen LogP contribution in [-0.2, 0) is 4.79 Å². The summed E-state index contributed by atoms with van der Waals surface area (Å²) in [5.41, 5.74) is 0.732. The number of methoxy groups -OCH3 is 1. The van der Waals surface area contributed by atoms with Gasteiger partial charge in [0, 0.05) is 5.69 Å². The number of tetrazole rings is 1. The predicted octanol–water partition coefficient (Wildman–Crippen LogP) is 3.02. The van der Waals surface area contributed by atoms with E-state index < -0.39 is 0 Å². The molecule has 0 aliphatic carbocycles. The highest BCUT2D eigenvalue weighted by molar-refractivity contribution is 8.00. The smallest absolute Gasteiger partial charge is 0.238 e. The van der Waals surface area contributed by atoms with Crippen molar-refractivity contribution in [2.45, 2.75) is 44.1 Å². The Kier molecular flexibility index (Phi) is 6.19. The Morgan fingerprint density at radius 2 is 1.88 bits per heavy atom. The lowest BCUT2D eigenvalue weighted by molar-refractivity contribution is -0.116. The van der Waals surface area contributed by atoms with Crippen molar-refractivity contribution in [2.75, 3.05) is 12.4 Å². The first kappa shape index (κ1) is 18.3. The number of hydrogen-bond donors (Lipinski definition) is 1. The molecule has 1 atom stereocenters. The zero-order valence-corrected chi connectivity index (χ0v) is 15.4. The molecule has 8 heteroatoms. The molecule has 1 aromatic carbocycles. The highest BCUT2D eigenvalue weighted by Gasteiger charge is 2.26. The Labute approximate surface area is 146 Å². The summed E-state index contributed by atoms with van der Waals surface area (Å²) in [5, 5.41) is 15.0. The van der Waals surface area contributed by atoms with Crippen LogP contribution in [0.1, 0.15) is 33.7 Å². The zero-order chi connectivity index (χ0) is 17.7. The van der Waals surface area contributed by atoms with Crippen molar-refractivity contribution in [3.63, 3.8) is 0 Å². The lowest BCUT2D eigenvalue weighted by Gasteiger charge is -2.19. The predicted molar refractivity (Wildman–Crippen MR) is 94.3 cm³/mol. The highest BCUT2D eigenvalue weighted by Crippen LogP contribution is 2.29. The van der Waals surface area contributed by atoms with Gasteiger partial charge in [-0.1, -0.05) is 25.6 Å². The fourth-order valence-electron chi connectivity index (χ4n) is 2.08. The number of carbonyl (C=O) groups is 1. The van der Waals surface area contributed by atoms with E-state index in [0.717, 1.165) is 11.4 Å². The van der Waals surface area contributed by atoms with Gasteiger partial charge in [0.15, 0.2) is 0 Å². The van der Waals surface area contributed by atoms with Crippen LogP contribution >= 0.6 is 11.8 Å². The molecule has 1 amide bonds. The Hall–Kier alpha value is -2.09. The number of hydrogen-bond acceptors (Lipinski definition) is 6. The number of nitrogens with one attached hydrogen (secondary N) is 1. The summed E-state index contributed by atoms with van der Waals surface area (Å²) in [6.45, 7) is 8.02. The Morgan fingerprint density at radius 1 is 1.21 bits per heavy atom. The van der Waals surface area contributed by atoms with E-state index in [0.29, 0.717) is 5.16 Å². The maximum absolute atomic E-state index is 12.7. The zero-order valence-electron chi connectivity index (χ0n) is 14.6. The number of aromatic nitrogens is 4. The van der Waals surface area contributed by atoms with E-state index in [1.807, 2.05) is 52.0 Å². The average molecular weight is 349 g/mol. The van der Waals surface area contributed by atoms with Crippen LogP contribution in [0.3, 0.4) is 0 Å². The average Bonchev–Trinajstić information content (AvgIpc) is 3.01. The van der Waals surface area contributed by atoms with Crippen molar-refractivity contribution < 1.29 is 9.53 Å². The second kappa shape index (κ2) is 8.14. The molecular weight excluding hydrogens is 326 g/mol. The van der Waals surface area contributed by atoms with Crippen LogP contribution in [0, 0.1) is 5.92 Å². The van der Waals surface area contributed by atoms with E-state index in [9.17, 15) is 4.79 Å². The number of ether oxygens (including phenoxy) is 1. The van der Waals surface area contributed by atoms with Crippen LogP contribution in [0.25, 0.3) is 0 Å². The van der Waals surface area contributed by atoms with E-state index in [2.05, 4.69) is 20.8 Å². The fraction of sp³-hybridized carbons (Fsp3) is 0.500. The number of rotatable bonds is 7. The molecule has 0 fully saturated rings. The number of amides is 1. The van der Waals surface area contributed by atoms with Gasteiger partial charge in [-0.25, -0.2) is 4.68 Å². The first-order chi connectivity index (χ1) is 11.4. The second-order valence-electron chi connectivity index (χ2n) is 6.00. The van der Waals surface area contributed by atoms with Gasteiger partial charge in [0.05, 0.1) is 18.4 Å². The summed E-state index contributed by atoms with van der Waals surface area (Å²) < 4.78 is 6.85. The summed E-state index contributed by atoms with van der Waals surface area (Å²) in [6, 6.07) is 7.40. The first-order valence-corrected chi connectivity index (χ1v) is 8.69. The molecule has 0 spiro atoms. The largest absolute Gasteiger partial charge is 0.497 e. The molecule has 1 unspecified atom stereocenters. The van der Waals surface area contributed by atoms with Crippen molar-refractivity contribution in [3.05, 3.63) is 24.3 Å². The van der Waals surface area contributed by atoms with E-state index in [-0.39, 0.29) is 23.1 Å². The quantitative estimate of drug-likeness (QED) is 0.774. The van der Waals surface area contributed by atoms with Gasteiger partial charge >= 0.3 is 0 Å². The molecule has 0 radical (unpaired) electrons. The van der Waals surface area contributed by atoms with Gasteiger partial charge in [-0.05, 0) is 54.5 Å². The Bertz CT molecular complexity index is 669. The summed E-state index contributed by atoms with van der Waals surface area (Å²) in [7, 11) is 1.61. The molecule has 2 rings (SSSR count). The third-order valence-electron chi connectivity index (χ3n) is 3.41. The summed E-state index contributed by atoms with van der Waals surface area (Å²) in [4.78, 5) is 12.7. The van der Waals surface area contributed by atoms with Crippen LogP contribution in [0.5, 0.6) is 5.75 Å². The summed E-state index contributed by atoms with van der Waals surface area (Å²) in [6.07, 6.45) is 0. The van der Waals surface area contributed by atoms with Gasteiger partial charge in [-0.15, -0.1) is 5.10 Å². The minimum Gasteiger partial charge on any atom is -0.497 e. The normalized spacial score (nSPS) is 12.5. The molecule has 0 aliphatic heterocycles. The number of anilines is 1. The Morgan fingerprint density at radius 3 is 2.42 bits per heavy atom. The highest BCUT2D eigenvalue weighted by atomic mass is 32.2. The van der Waals surface area contributed by atoms with Crippen molar-refractivity contribution >= 4 is 23.4 Å². The van der Waals surface area contributed by atoms with Crippen LogP contribution in [0.2, 0.25) is 0 Å². The molecule has 0 saturated heterocycles. The van der Waals surface area contributed by atoms with E-state index in [1.54, 1.807) is 11.8 Å².